The largest absolute Gasteiger partial charge is 0.478 e. The number of carboxylic acid groups (broad SMARTS) is 1. The molecule has 0 saturated heterocycles. The normalized spacial score (nSPS) is 10.2. The third-order valence-electron chi connectivity index (χ3n) is 2.99. The number of carbonyl (C=O) groups excluding carboxylic acids is 1. The molecule has 0 saturated carbocycles. The quantitative estimate of drug-likeness (QED) is 0.757. The van der Waals surface area contributed by atoms with Crippen molar-refractivity contribution in [3.8, 4) is 0 Å². The standard InChI is InChI=1S/C15H13FN2O3/c1-8-2-3-9(15(20)21)6-13(8)18-14(19)11-7-10(16)4-5-12(11)17/h2-7H,17H2,1H3,(H,18,19)(H,20,21). The first-order chi connectivity index (χ1) is 9.88. The van der Waals surface area contributed by atoms with Crippen molar-refractivity contribution in [3.05, 3.63) is 58.9 Å². The molecule has 0 radical (unpaired) electrons. The van der Waals surface area contributed by atoms with Crippen LogP contribution in [-0.2, 0) is 0 Å². The Morgan fingerprint density at radius 2 is 1.90 bits per heavy atom. The minimum atomic E-state index is -1.10. The first-order valence-electron chi connectivity index (χ1n) is 6.09. The van der Waals surface area contributed by atoms with Gasteiger partial charge in [0, 0.05) is 11.4 Å². The SMILES string of the molecule is Cc1ccc(C(=O)O)cc1NC(=O)c1cc(F)ccc1N. The van der Waals surface area contributed by atoms with Crippen molar-refractivity contribution in [2.45, 2.75) is 6.92 Å². The van der Waals surface area contributed by atoms with Crippen LogP contribution in [0.5, 0.6) is 0 Å². The Morgan fingerprint density at radius 3 is 2.57 bits per heavy atom. The number of nitrogen functional groups attached to an aromatic ring is 1. The van der Waals surface area contributed by atoms with Crippen molar-refractivity contribution in [3.63, 3.8) is 0 Å². The Hall–Kier alpha value is -2.89. The van der Waals surface area contributed by atoms with E-state index in [1.807, 2.05) is 0 Å². The number of anilines is 2. The van der Waals surface area contributed by atoms with E-state index in [4.69, 9.17) is 10.8 Å². The maximum atomic E-state index is 13.2. The summed E-state index contributed by atoms with van der Waals surface area (Å²) < 4.78 is 13.2. The third-order valence-corrected chi connectivity index (χ3v) is 2.99. The van der Waals surface area contributed by atoms with Crippen molar-refractivity contribution >= 4 is 23.3 Å². The number of carbonyl (C=O) groups is 2. The van der Waals surface area contributed by atoms with Crippen LogP contribution in [0.1, 0.15) is 26.3 Å². The Bertz CT molecular complexity index is 729. The summed E-state index contributed by atoms with van der Waals surface area (Å²) in [4.78, 5) is 23.1. The summed E-state index contributed by atoms with van der Waals surface area (Å²) in [6.07, 6.45) is 0. The van der Waals surface area contributed by atoms with Crippen molar-refractivity contribution in [1.29, 1.82) is 0 Å². The monoisotopic (exact) mass is 288 g/mol. The van der Waals surface area contributed by atoms with Gasteiger partial charge in [0.2, 0.25) is 0 Å². The molecular formula is C15H13FN2O3. The second-order valence-corrected chi connectivity index (χ2v) is 4.52. The molecule has 4 N–H and O–H groups in total. The number of benzene rings is 2. The molecule has 0 aliphatic heterocycles. The van der Waals surface area contributed by atoms with Crippen molar-refractivity contribution < 1.29 is 19.1 Å². The number of hydrogen-bond acceptors (Lipinski definition) is 3. The van der Waals surface area contributed by atoms with Crippen LogP contribution in [-0.4, -0.2) is 17.0 Å². The van der Waals surface area contributed by atoms with E-state index in [2.05, 4.69) is 5.32 Å². The molecular weight excluding hydrogens is 275 g/mol. The minimum absolute atomic E-state index is 0.00451. The fraction of sp³-hybridized carbons (Fsp3) is 0.0667. The Kier molecular flexibility index (Phi) is 3.89. The lowest BCUT2D eigenvalue weighted by Gasteiger charge is -2.11. The number of nitrogens with one attached hydrogen (secondary N) is 1. The fourth-order valence-corrected chi connectivity index (χ4v) is 1.80. The van der Waals surface area contributed by atoms with Gasteiger partial charge < -0.3 is 16.2 Å². The molecule has 0 atom stereocenters. The first-order valence-corrected chi connectivity index (χ1v) is 6.09. The summed E-state index contributed by atoms with van der Waals surface area (Å²) in [5, 5.41) is 11.5. The Morgan fingerprint density at radius 1 is 1.19 bits per heavy atom. The van der Waals surface area contributed by atoms with Crippen molar-refractivity contribution in [2.75, 3.05) is 11.1 Å². The van der Waals surface area contributed by atoms with E-state index in [0.29, 0.717) is 11.3 Å². The van der Waals surface area contributed by atoms with Crippen LogP contribution in [0.2, 0.25) is 0 Å². The van der Waals surface area contributed by atoms with Crippen LogP contribution in [0.25, 0.3) is 0 Å². The number of carboxylic acids is 1. The van der Waals surface area contributed by atoms with E-state index in [0.717, 1.165) is 12.1 Å². The average Bonchev–Trinajstić information content (AvgIpc) is 2.43. The highest BCUT2D eigenvalue weighted by molar-refractivity contribution is 6.08. The number of aromatic carboxylic acids is 1. The predicted octanol–water partition coefficient (Wildman–Crippen LogP) is 2.67. The topological polar surface area (TPSA) is 92.4 Å². The number of hydrogen-bond donors (Lipinski definition) is 3. The van der Waals surface area contributed by atoms with E-state index in [1.165, 1.54) is 18.2 Å². The van der Waals surface area contributed by atoms with Gasteiger partial charge in [-0.15, -0.1) is 0 Å². The van der Waals surface area contributed by atoms with E-state index in [-0.39, 0.29) is 16.8 Å². The van der Waals surface area contributed by atoms with Gasteiger partial charge >= 0.3 is 5.97 Å². The minimum Gasteiger partial charge on any atom is -0.478 e. The van der Waals surface area contributed by atoms with Crippen molar-refractivity contribution in [1.82, 2.24) is 0 Å². The van der Waals surface area contributed by atoms with Gasteiger partial charge in [-0.25, -0.2) is 9.18 Å². The summed E-state index contributed by atoms with van der Waals surface area (Å²) in [6.45, 7) is 1.72. The second-order valence-electron chi connectivity index (χ2n) is 4.52. The Balaban J connectivity index is 2.33. The van der Waals surface area contributed by atoms with Crippen molar-refractivity contribution in [2.24, 2.45) is 0 Å². The molecule has 0 aliphatic rings. The molecule has 21 heavy (non-hydrogen) atoms. The van der Waals surface area contributed by atoms with E-state index in [9.17, 15) is 14.0 Å². The maximum absolute atomic E-state index is 13.2. The summed E-state index contributed by atoms with van der Waals surface area (Å²) in [6, 6.07) is 7.83. The molecule has 0 bridgehead atoms. The highest BCUT2D eigenvalue weighted by Crippen LogP contribution is 2.20. The van der Waals surface area contributed by atoms with Crippen LogP contribution in [0, 0.1) is 12.7 Å². The number of aryl methyl sites for hydroxylation is 1. The molecule has 2 aromatic rings. The zero-order valence-electron chi connectivity index (χ0n) is 11.2. The van der Waals surface area contributed by atoms with Crippen LogP contribution < -0.4 is 11.1 Å². The first kappa shape index (κ1) is 14.5. The predicted molar refractivity (Wildman–Crippen MR) is 76.9 cm³/mol. The molecule has 108 valence electrons. The lowest BCUT2D eigenvalue weighted by atomic mass is 10.1. The maximum Gasteiger partial charge on any atom is 0.335 e. The van der Waals surface area contributed by atoms with E-state index in [1.54, 1.807) is 13.0 Å². The summed E-state index contributed by atoms with van der Waals surface area (Å²) in [5.74, 6) is -2.28. The van der Waals surface area contributed by atoms with Gasteiger partial charge in [-0.2, -0.15) is 0 Å². The smallest absolute Gasteiger partial charge is 0.335 e. The highest BCUT2D eigenvalue weighted by Gasteiger charge is 2.13. The zero-order valence-corrected chi connectivity index (χ0v) is 11.2. The van der Waals surface area contributed by atoms with Crippen LogP contribution in [0.3, 0.4) is 0 Å². The molecule has 0 aromatic heterocycles. The van der Waals surface area contributed by atoms with Gasteiger partial charge in [-0.3, -0.25) is 4.79 Å². The van der Waals surface area contributed by atoms with Crippen LogP contribution in [0.4, 0.5) is 15.8 Å². The second kappa shape index (κ2) is 5.62. The number of amides is 1. The summed E-state index contributed by atoms with van der Waals surface area (Å²) in [7, 11) is 0. The lowest BCUT2D eigenvalue weighted by Crippen LogP contribution is -2.15. The lowest BCUT2D eigenvalue weighted by molar-refractivity contribution is 0.0696. The average molecular weight is 288 g/mol. The number of halogens is 1. The molecule has 1 amide bonds. The highest BCUT2D eigenvalue weighted by atomic mass is 19.1. The molecule has 2 aromatic carbocycles. The molecule has 0 spiro atoms. The molecule has 0 aliphatic carbocycles. The molecule has 0 heterocycles. The Labute approximate surface area is 120 Å². The fourth-order valence-electron chi connectivity index (χ4n) is 1.80. The van der Waals surface area contributed by atoms with E-state index >= 15 is 0 Å². The molecule has 0 fully saturated rings. The molecule has 6 heteroatoms. The van der Waals surface area contributed by atoms with Gasteiger partial charge in [0.25, 0.3) is 5.91 Å². The van der Waals surface area contributed by atoms with Gasteiger partial charge in [-0.1, -0.05) is 6.07 Å². The summed E-state index contributed by atoms with van der Waals surface area (Å²) in [5.41, 5.74) is 6.84. The van der Waals surface area contributed by atoms with Gasteiger partial charge in [0.05, 0.1) is 11.1 Å². The van der Waals surface area contributed by atoms with Gasteiger partial charge in [-0.05, 0) is 42.8 Å². The van der Waals surface area contributed by atoms with Crippen LogP contribution >= 0.6 is 0 Å². The van der Waals surface area contributed by atoms with E-state index < -0.39 is 17.7 Å². The van der Waals surface area contributed by atoms with Crippen LogP contribution in [0.15, 0.2) is 36.4 Å². The van der Waals surface area contributed by atoms with Gasteiger partial charge in [0.1, 0.15) is 5.82 Å². The molecule has 5 nitrogen and oxygen atoms in total. The van der Waals surface area contributed by atoms with Gasteiger partial charge in [0.15, 0.2) is 0 Å². The third kappa shape index (κ3) is 3.17. The molecule has 0 unspecified atom stereocenters. The molecule has 2 rings (SSSR count). The number of nitrogens with two attached hydrogens (primary N) is 1. The zero-order chi connectivity index (χ0) is 15.6. The number of rotatable bonds is 3. The summed E-state index contributed by atoms with van der Waals surface area (Å²) >= 11 is 0.